The molecule has 3 saturated carbocycles. The van der Waals surface area contributed by atoms with Crippen LogP contribution in [0.5, 0.6) is 11.5 Å². The number of hydrogen-bond acceptors (Lipinski definition) is 12. The Kier molecular flexibility index (Phi) is 10.6. The van der Waals surface area contributed by atoms with Gasteiger partial charge in [0.25, 0.3) is 0 Å². The predicted octanol–water partition coefficient (Wildman–Crippen LogP) is 8.07. The highest BCUT2D eigenvalue weighted by molar-refractivity contribution is 7.99. The predicted molar refractivity (Wildman–Crippen MR) is 232 cm³/mol. The normalized spacial score (nSPS) is 28.9. The zero-order chi connectivity index (χ0) is 43.1. The van der Waals surface area contributed by atoms with Crippen LogP contribution >= 0.6 is 11.8 Å². The van der Waals surface area contributed by atoms with E-state index in [2.05, 4.69) is 68.8 Å². The number of carbonyl (C=O) groups excluding carboxylic acids is 3. The van der Waals surface area contributed by atoms with Crippen molar-refractivity contribution in [1.82, 2.24) is 9.55 Å². The topological polar surface area (TPSA) is 153 Å². The monoisotopic (exact) mass is 838 g/mol. The molecule has 7 aliphatic rings. The first-order chi connectivity index (χ1) is 28.4. The number of benzene rings is 1. The fraction of sp³-hybridized carbons (Fsp3) is 0.532. The lowest BCUT2D eigenvalue weighted by Gasteiger charge is -2.62. The van der Waals surface area contributed by atoms with Crippen LogP contribution in [0.1, 0.15) is 111 Å². The van der Waals surface area contributed by atoms with E-state index in [0.717, 1.165) is 51.3 Å². The summed E-state index contributed by atoms with van der Waals surface area (Å²) in [7, 11) is 1.35. The molecule has 4 bridgehead atoms. The van der Waals surface area contributed by atoms with Gasteiger partial charge < -0.3 is 39.3 Å². The average molecular weight is 839 g/mol. The number of nitrogens with two attached hydrogens (primary N) is 1. The lowest BCUT2D eigenvalue weighted by Crippen LogP contribution is -2.75. The first-order valence-corrected chi connectivity index (χ1v) is 22.1. The molecular weight excluding hydrogens is 781 g/mol. The fourth-order valence-electron chi connectivity index (χ4n) is 10.5. The van der Waals surface area contributed by atoms with E-state index in [-0.39, 0.29) is 30.5 Å². The third kappa shape index (κ3) is 6.32. The van der Waals surface area contributed by atoms with E-state index in [9.17, 15) is 9.59 Å². The molecule has 1 saturated heterocycles. The van der Waals surface area contributed by atoms with Gasteiger partial charge in [-0.15, -0.1) is 11.8 Å². The van der Waals surface area contributed by atoms with Crippen molar-refractivity contribution in [3.8, 4) is 11.5 Å². The third-order valence-corrected chi connectivity index (χ3v) is 14.4. The fourth-order valence-corrected chi connectivity index (χ4v) is 11.6. The molecule has 1 spiro atoms. The Morgan fingerprint density at radius 2 is 1.85 bits per heavy atom. The molecule has 7 unspecified atom stereocenters. The zero-order valence-corrected chi connectivity index (χ0v) is 37.3. The highest BCUT2D eigenvalue weighted by Gasteiger charge is 2.84. The number of anilines is 1. The maximum Gasteiger partial charge on any atom is 0.333 e. The summed E-state index contributed by atoms with van der Waals surface area (Å²) in [5.74, 6) is 0.400. The summed E-state index contributed by atoms with van der Waals surface area (Å²) in [5.41, 5.74) is 9.28. The summed E-state index contributed by atoms with van der Waals surface area (Å²) in [4.78, 5) is 46.9. The Morgan fingerprint density at radius 1 is 1.10 bits per heavy atom. The van der Waals surface area contributed by atoms with E-state index in [4.69, 9.17) is 34.4 Å². The van der Waals surface area contributed by atoms with Gasteiger partial charge in [0.2, 0.25) is 5.95 Å². The van der Waals surface area contributed by atoms with E-state index in [1.807, 2.05) is 20.0 Å². The van der Waals surface area contributed by atoms with E-state index in [1.54, 1.807) is 26.1 Å². The SMILES string of the molecule is CCOC(=O)C(N)CSc1c2c(c(CC=C(C)C)c3c1C1=C4C(C5CC6C(C)(C)OC(C/C=C(/C)C(=O)OC)(C5=O)C46O3)n3ccnc3N1)OC(C)(CCC=C(C)C)C=C2. The number of nitrogens with one attached hydrogen (secondary N) is 1. The molecular formula is C47H58N4O8S. The van der Waals surface area contributed by atoms with Gasteiger partial charge >= 0.3 is 11.9 Å². The summed E-state index contributed by atoms with van der Waals surface area (Å²) in [6.45, 7) is 18.2. The van der Waals surface area contributed by atoms with Crippen LogP contribution in [0.2, 0.25) is 0 Å². The van der Waals surface area contributed by atoms with Gasteiger partial charge in [-0.2, -0.15) is 0 Å². The molecule has 0 radical (unpaired) electrons. The molecule has 13 heteroatoms. The summed E-state index contributed by atoms with van der Waals surface area (Å²) in [6.07, 6.45) is 16.8. The van der Waals surface area contributed by atoms with Crippen LogP contribution in [-0.4, -0.2) is 75.2 Å². The minimum absolute atomic E-state index is 0.0545. The number of allylic oxidation sites excluding steroid dienone is 4. The van der Waals surface area contributed by atoms with Crippen molar-refractivity contribution < 1.29 is 38.1 Å². The first-order valence-electron chi connectivity index (χ1n) is 21.1. The summed E-state index contributed by atoms with van der Waals surface area (Å²) in [6, 6.07) is -1.30. The molecule has 320 valence electrons. The molecule has 4 aliphatic heterocycles. The molecule has 5 heterocycles. The first kappa shape index (κ1) is 42.1. The third-order valence-electron chi connectivity index (χ3n) is 13.2. The minimum Gasteiger partial charge on any atom is -0.482 e. The van der Waals surface area contributed by atoms with Crippen molar-refractivity contribution >= 4 is 47.2 Å². The molecule has 1 aromatic carbocycles. The molecule has 12 nitrogen and oxygen atoms in total. The molecule has 3 aliphatic carbocycles. The number of aromatic nitrogens is 2. The molecule has 9 rings (SSSR count). The Bertz CT molecular complexity index is 2330. The van der Waals surface area contributed by atoms with Crippen molar-refractivity contribution in [3.63, 3.8) is 0 Å². The van der Waals surface area contributed by atoms with Gasteiger partial charge in [0, 0.05) is 63.6 Å². The molecule has 4 fully saturated rings. The number of nitrogens with zero attached hydrogens (tertiary/aromatic N) is 2. The van der Waals surface area contributed by atoms with Crippen LogP contribution in [-0.2, 0) is 35.0 Å². The number of thioether (sulfide) groups is 1. The number of hydrogen-bond donors (Lipinski definition) is 2. The smallest absolute Gasteiger partial charge is 0.333 e. The van der Waals surface area contributed by atoms with Gasteiger partial charge in [-0.3, -0.25) is 9.59 Å². The second-order valence-corrected chi connectivity index (χ2v) is 19.2. The number of carbonyl (C=O) groups is 3. The van der Waals surface area contributed by atoms with Crippen molar-refractivity contribution in [2.75, 3.05) is 24.8 Å². The highest BCUT2D eigenvalue weighted by atomic mass is 32.2. The number of imidazole rings is 1. The van der Waals surface area contributed by atoms with E-state index in [1.165, 1.54) is 24.4 Å². The van der Waals surface area contributed by atoms with Crippen LogP contribution in [0.15, 0.2) is 63.9 Å². The second-order valence-electron chi connectivity index (χ2n) is 18.2. The lowest BCUT2D eigenvalue weighted by atomic mass is 9.47. The number of esters is 2. The Hall–Kier alpha value is -4.59. The van der Waals surface area contributed by atoms with Crippen molar-refractivity contribution in [3.05, 3.63) is 75.7 Å². The van der Waals surface area contributed by atoms with Gasteiger partial charge in [0.15, 0.2) is 17.0 Å². The summed E-state index contributed by atoms with van der Waals surface area (Å²) >= 11 is 1.47. The summed E-state index contributed by atoms with van der Waals surface area (Å²) in [5, 5.41) is 3.76. The zero-order valence-electron chi connectivity index (χ0n) is 36.4. The second kappa shape index (κ2) is 15.1. The molecule has 7 atom stereocenters. The average Bonchev–Trinajstić information content (AvgIpc) is 3.72. The van der Waals surface area contributed by atoms with Gasteiger partial charge in [-0.05, 0) is 94.1 Å². The van der Waals surface area contributed by atoms with Gasteiger partial charge in [-0.25, -0.2) is 9.78 Å². The van der Waals surface area contributed by atoms with Crippen LogP contribution in [0.3, 0.4) is 0 Å². The van der Waals surface area contributed by atoms with Crippen LogP contribution in [0.25, 0.3) is 11.8 Å². The molecule has 60 heavy (non-hydrogen) atoms. The van der Waals surface area contributed by atoms with Crippen molar-refractivity contribution in [2.45, 2.75) is 134 Å². The number of ether oxygens (including phenoxy) is 5. The number of methoxy groups -OCH3 is 1. The maximum atomic E-state index is 15.5. The quantitative estimate of drug-likeness (QED) is 0.0868. The van der Waals surface area contributed by atoms with Crippen LogP contribution < -0.4 is 20.5 Å². The standard InChI is InChI=1S/C47H58N4O8S/c1-11-56-42(54)31(48)24-60-39-29-17-19-45(9,18-12-13-25(2)3)57-37(29)28(15-14-26(4)5)38-33(39)35-34-36(51-22-21-49-43(51)50-35)30-23-32-44(7,8)59-46(40(30)52,47(32,34)58-38)20-16-27(6)41(53)55-10/h13-14,16-17,19,21-22,30-32,36H,11-12,15,18,20,23-24,48H2,1-10H3,(H,49,50)/b27-16-. The molecule has 0 amide bonds. The van der Waals surface area contributed by atoms with Crippen molar-refractivity contribution in [2.24, 2.45) is 17.6 Å². The van der Waals surface area contributed by atoms with E-state index >= 15 is 4.79 Å². The number of Topliss-reactive ketones (excluding diaryl/α,β-unsaturated/α-hetero) is 1. The molecule has 3 N–H and O–H groups in total. The Balaban J connectivity index is 1.44. The van der Waals surface area contributed by atoms with Gasteiger partial charge in [0.1, 0.15) is 23.1 Å². The minimum atomic E-state index is -1.49. The summed E-state index contributed by atoms with van der Waals surface area (Å²) < 4.78 is 34.8. The Labute approximate surface area is 357 Å². The highest BCUT2D eigenvalue weighted by Crippen LogP contribution is 2.74. The number of rotatable bonds is 13. The number of ketones is 1. The van der Waals surface area contributed by atoms with E-state index in [0.29, 0.717) is 35.9 Å². The Morgan fingerprint density at radius 3 is 2.55 bits per heavy atom. The van der Waals surface area contributed by atoms with Crippen LogP contribution in [0, 0.1) is 11.8 Å². The number of fused-ring (bicyclic) bond motifs is 4. The largest absolute Gasteiger partial charge is 0.482 e. The van der Waals surface area contributed by atoms with Gasteiger partial charge in [0.05, 0.1) is 36.6 Å². The molecule has 2 aromatic rings. The van der Waals surface area contributed by atoms with Crippen molar-refractivity contribution in [1.29, 1.82) is 0 Å². The maximum absolute atomic E-state index is 15.5. The van der Waals surface area contributed by atoms with E-state index < -0.39 is 52.3 Å². The van der Waals surface area contributed by atoms with Crippen LogP contribution in [0.4, 0.5) is 5.95 Å². The lowest BCUT2D eigenvalue weighted by molar-refractivity contribution is -0.181. The van der Waals surface area contributed by atoms with Gasteiger partial charge in [-0.1, -0.05) is 35.5 Å². The molecule has 1 aromatic heterocycles.